The second-order valence-corrected chi connectivity index (χ2v) is 6.68. The lowest BCUT2D eigenvalue weighted by molar-refractivity contribution is -0.116. The molecule has 2 aliphatic rings. The molecule has 1 N–H and O–H groups in total. The number of anilines is 1. The van der Waals surface area contributed by atoms with Crippen molar-refractivity contribution in [2.24, 2.45) is 0 Å². The number of hydrogen-bond acceptors (Lipinski definition) is 5. The average molecular weight is 406 g/mol. The number of fused-ring (bicyclic) bond motifs is 2. The number of carbonyl (C=O) groups excluding carboxylic acids is 1. The molecule has 6 nitrogen and oxygen atoms in total. The molecule has 0 unspecified atom stereocenters. The minimum Gasteiger partial charge on any atom is -0.493 e. The Morgan fingerprint density at radius 3 is 2.44 bits per heavy atom. The van der Waals surface area contributed by atoms with E-state index >= 15 is 0 Å². The van der Waals surface area contributed by atoms with Crippen LogP contribution in [-0.4, -0.2) is 26.9 Å². The molecule has 4 rings (SSSR count). The normalized spacial score (nSPS) is 17.7. The summed E-state index contributed by atoms with van der Waals surface area (Å²) in [6.07, 6.45) is 0.334. The van der Waals surface area contributed by atoms with Crippen molar-refractivity contribution in [3.05, 3.63) is 39.9 Å². The molecule has 0 aromatic heterocycles. The fourth-order valence-corrected chi connectivity index (χ4v) is 3.86. The Bertz CT molecular complexity index is 867. The molecule has 1 amide bonds. The topological polar surface area (TPSA) is 66.0 Å². The predicted octanol–water partition coefficient (Wildman–Crippen LogP) is 3.67. The van der Waals surface area contributed by atoms with Crippen molar-refractivity contribution in [1.29, 1.82) is 0 Å². The highest BCUT2D eigenvalue weighted by Crippen LogP contribution is 2.47. The van der Waals surface area contributed by atoms with Crippen molar-refractivity contribution in [3.63, 3.8) is 0 Å². The highest BCUT2D eigenvalue weighted by Gasteiger charge is 2.31. The van der Waals surface area contributed by atoms with Crippen molar-refractivity contribution in [2.75, 3.05) is 26.3 Å². The Morgan fingerprint density at radius 1 is 1.04 bits per heavy atom. The van der Waals surface area contributed by atoms with Gasteiger partial charge in [-0.1, -0.05) is 15.9 Å². The van der Waals surface area contributed by atoms with Gasteiger partial charge in [0.2, 0.25) is 12.7 Å². The third-order valence-electron chi connectivity index (χ3n) is 4.46. The zero-order chi connectivity index (χ0) is 17.6. The molecule has 2 aromatic carbocycles. The van der Waals surface area contributed by atoms with Gasteiger partial charge in [0.05, 0.1) is 14.2 Å². The number of methoxy groups -OCH3 is 2. The first kappa shape index (κ1) is 16.1. The van der Waals surface area contributed by atoms with E-state index in [9.17, 15) is 4.79 Å². The number of nitrogens with one attached hydrogen (secondary N) is 1. The molecule has 0 fully saturated rings. The fraction of sp³-hybridized carbons (Fsp3) is 0.278. The summed E-state index contributed by atoms with van der Waals surface area (Å²) >= 11 is 3.60. The van der Waals surface area contributed by atoms with Crippen molar-refractivity contribution in [1.82, 2.24) is 0 Å². The maximum Gasteiger partial charge on any atom is 0.231 e. The first-order chi connectivity index (χ1) is 12.1. The summed E-state index contributed by atoms with van der Waals surface area (Å²) in [7, 11) is 3.16. The first-order valence-electron chi connectivity index (χ1n) is 7.75. The van der Waals surface area contributed by atoms with Crippen molar-refractivity contribution in [3.8, 4) is 23.0 Å². The molecule has 1 atom stereocenters. The number of rotatable bonds is 3. The molecule has 0 radical (unpaired) electrons. The first-order valence-corrected chi connectivity index (χ1v) is 8.55. The Morgan fingerprint density at radius 2 is 1.72 bits per heavy atom. The van der Waals surface area contributed by atoms with Crippen molar-refractivity contribution < 1.29 is 23.7 Å². The molecular weight excluding hydrogens is 390 g/mol. The van der Waals surface area contributed by atoms with Crippen molar-refractivity contribution in [2.45, 2.75) is 12.3 Å². The van der Waals surface area contributed by atoms with Gasteiger partial charge in [0.1, 0.15) is 0 Å². The third-order valence-corrected chi connectivity index (χ3v) is 5.15. The van der Waals surface area contributed by atoms with E-state index in [0.29, 0.717) is 29.4 Å². The monoisotopic (exact) mass is 405 g/mol. The molecule has 2 heterocycles. The lowest BCUT2D eigenvalue weighted by Gasteiger charge is -2.28. The van der Waals surface area contributed by atoms with Crippen LogP contribution in [-0.2, 0) is 4.79 Å². The summed E-state index contributed by atoms with van der Waals surface area (Å²) in [4.78, 5) is 12.3. The van der Waals surface area contributed by atoms with E-state index in [1.807, 2.05) is 18.2 Å². The van der Waals surface area contributed by atoms with Crippen LogP contribution < -0.4 is 24.3 Å². The average Bonchev–Trinajstić information content (AvgIpc) is 3.06. The zero-order valence-corrected chi connectivity index (χ0v) is 15.3. The minimum absolute atomic E-state index is 0.0470. The van der Waals surface area contributed by atoms with Gasteiger partial charge in [0, 0.05) is 28.6 Å². The molecule has 0 spiro atoms. The predicted molar refractivity (Wildman–Crippen MR) is 94.9 cm³/mol. The Balaban J connectivity index is 1.86. The molecule has 2 aromatic rings. The molecular formula is C18H16BrNO5. The second kappa shape index (κ2) is 6.15. The van der Waals surface area contributed by atoms with E-state index in [4.69, 9.17) is 18.9 Å². The van der Waals surface area contributed by atoms with E-state index < -0.39 is 0 Å². The van der Waals surface area contributed by atoms with Crippen LogP contribution in [0.4, 0.5) is 5.69 Å². The van der Waals surface area contributed by atoms with Crippen molar-refractivity contribution >= 4 is 27.5 Å². The summed E-state index contributed by atoms with van der Waals surface area (Å²) in [5, 5.41) is 2.91. The van der Waals surface area contributed by atoms with Gasteiger partial charge in [0.15, 0.2) is 23.0 Å². The molecule has 0 bridgehead atoms. The quantitative estimate of drug-likeness (QED) is 0.843. The molecule has 0 aliphatic carbocycles. The smallest absolute Gasteiger partial charge is 0.231 e. The van der Waals surface area contributed by atoms with Crippen LogP contribution in [0.25, 0.3) is 0 Å². The minimum atomic E-state index is -0.132. The van der Waals surface area contributed by atoms with Crippen LogP contribution >= 0.6 is 15.9 Å². The van der Waals surface area contributed by atoms with Gasteiger partial charge in [0.25, 0.3) is 0 Å². The number of benzene rings is 2. The van der Waals surface area contributed by atoms with Crippen LogP contribution in [0, 0.1) is 0 Å². The highest BCUT2D eigenvalue weighted by atomic mass is 79.9. The third kappa shape index (κ3) is 2.68. The number of ether oxygens (including phenoxy) is 4. The van der Waals surface area contributed by atoms with Gasteiger partial charge in [-0.3, -0.25) is 4.79 Å². The summed E-state index contributed by atoms with van der Waals surface area (Å²) in [6, 6.07) is 7.51. The molecule has 130 valence electrons. The van der Waals surface area contributed by atoms with Crippen LogP contribution in [0.5, 0.6) is 23.0 Å². The number of amides is 1. The molecule has 25 heavy (non-hydrogen) atoms. The lowest BCUT2D eigenvalue weighted by atomic mass is 9.84. The van der Waals surface area contributed by atoms with E-state index in [1.165, 1.54) is 0 Å². The van der Waals surface area contributed by atoms with Gasteiger partial charge in [-0.05, 0) is 29.3 Å². The molecule has 0 saturated heterocycles. The SMILES string of the molecule is COc1cc2c(cc1OC)[C@H](c1cc3c(cc1Br)OCO3)CC(=O)N2. The molecule has 2 aliphatic heterocycles. The van der Waals surface area contributed by atoms with E-state index in [-0.39, 0.29) is 18.6 Å². The van der Waals surface area contributed by atoms with Gasteiger partial charge in [-0.15, -0.1) is 0 Å². The maximum absolute atomic E-state index is 12.3. The van der Waals surface area contributed by atoms with E-state index in [0.717, 1.165) is 21.3 Å². The number of halogens is 1. The number of hydrogen-bond donors (Lipinski definition) is 1. The lowest BCUT2D eigenvalue weighted by Crippen LogP contribution is -2.24. The largest absolute Gasteiger partial charge is 0.493 e. The summed E-state index contributed by atoms with van der Waals surface area (Å²) in [6.45, 7) is 0.206. The maximum atomic E-state index is 12.3. The van der Waals surface area contributed by atoms with Crippen LogP contribution in [0.3, 0.4) is 0 Å². The van der Waals surface area contributed by atoms with Gasteiger partial charge in [-0.2, -0.15) is 0 Å². The summed E-state index contributed by atoms with van der Waals surface area (Å²) in [5.74, 6) is 2.41. The van der Waals surface area contributed by atoms with Gasteiger partial charge in [-0.25, -0.2) is 0 Å². The number of carbonyl (C=O) groups is 1. The summed E-state index contributed by atoms with van der Waals surface area (Å²) in [5.41, 5.74) is 2.66. The second-order valence-electron chi connectivity index (χ2n) is 5.83. The zero-order valence-electron chi connectivity index (χ0n) is 13.7. The van der Waals surface area contributed by atoms with Crippen LogP contribution in [0.15, 0.2) is 28.7 Å². The Kier molecular flexibility index (Phi) is 3.95. The summed E-state index contributed by atoms with van der Waals surface area (Å²) < 4.78 is 22.5. The van der Waals surface area contributed by atoms with Gasteiger partial charge < -0.3 is 24.3 Å². The Labute approximate surface area is 153 Å². The van der Waals surface area contributed by atoms with Crippen LogP contribution in [0.2, 0.25) is 0 Å². The highest BCUT2D eigenvalue weighted by molar-refractivity contribution is 9.10. The standard InChI is InChI=1S/C18H16BrNO5/c1-22-14-4-11-9(5-18(21)20-13(11)7-15(14)23-2)10-3-16-17(6-12(10)19)25-8-24-16/h3-4,6-7,9H,5,8H2,1-2H3,(H,20,21)/t9-/m0/s1. The molecule has 7 heteroatoms. The van der Waals surface area contributed by atoms with Gasteiger partial charge >= 0.3 is 0 Å². The van der Waals surface area contributed by atoms with E-state index in [2.05, 4.69) is 21.2 Å². The fourth-order valence-electron chi connectivity index (χ4n) is 3.27. The Hall–Kier alpha value is -2.41. The van der Waals surface area contributed by atoms with Crippen LogP contribution in [0.1, 0.15) is 23.5 Å². The van der Waals surface area contributed by atoms with E-state index in [1.54, 1.807) is 20.3 Å². The molecule has 0 saturated carbocycles.